The van der Waals surface area contributed by atoms with Crippen LogP contribution >= 0.6 is 0 Å². The molecule has 22 heavy (non-hydrogen) atoms. The van der Waals surface area contributed by atoms with Crippen LogP contribution in [0.3, 0.4) is 0 Å². The third-order valence-electron chi connectivity index (χ3n) is 4.74. The molecule has 0 radical (unpaired) electrons. The van der Waals surface area contributed by atoms with Gasteiger partial charge in [-0.25, -0.2) is 13.2 Å². The minimum Gasteiger partial charge on any atom is -0.388 e. The van der Waals surface area contributed by atoms with E-state index in [0.717, 1.165) is 0 Å². The molecule has 0 spiro atoms. The van der Waals surface area contributed by atoms with Crippen LogP contribution in [0.5, 0.6) is 0 Å². The molecule has 0 unspecified atom stereocenters. The van der Waals surface area contributed by atoms with Crippen molar-refractivity contribution in [1.29, 1.82) is 0 Å². The Hall–Kier alpha value is -0.630. The van der Waals surface area contributed by atoms with Crippen LogP contribution in [0.4, 0.5) is 13.2 Å². The van der Waals surface area contributed by atoms with Gasteiger partial charge in [-0.2, -0.15) is 0 Å². The molecule has 0 aromatic carbocycles. The molecule has 2 aliphatic carbocycles. The zero-order valence-corrected chi connectivity index (χ0v) is 12.4. The number of rotatable bonds is 5. The van der Waals surface area contributed by atoms with E-state index in [1.165, 1.54) is 6.08 Å². The first-order valence-electron chi connectivity index (χ1n) is 7.76. The van der Waals surface area contributed by atoms with Gasteiger partial charge in [-0.15, -0.1) is 0 Å². The van der Waals surface area contributed by atoms with Crippen LogP contribution in [-0.4, -0.2) is 58.8 Å². The van der Waals surface area contributed by atoms with Crippen molar-refractivity contribution in [2.24, 2.45) is 5.92 Å². The van der Waals surface area contributed by atoms with Gasteiger partial charge in [0.25, 0.3) is 0 Å². The van der Waals surface area contributed by atoms with Gasteiger partial charge in [0.05, 0.1) is 6.04 Å². The topological polar surface area (TPSA) is 72.7 Å². The van der Waals surface area contributed by atoms with Gasteiger partial charge in [0.2, 0.25) is 5.92 Å². The Bertz CT molecular complexity index is 395. The number of hydrogen-bond donors (Lipinski definition) is 4. The van der Waals surface area contributed by atoms with Gasteiger partial charge in [-0.1, -0.05) is 6.08 Å². The molecule has 2 aliphatic rings. The van der Waals surface area contributed by atoms with E-state index in [9.17, 15) is 28.5 Å². The second-order valence-corrected chi connectivity index (χ2v) is 6.37. The largest absolute Gasteiger partial charge is 0.388 e. The van der Waals surface area contributed by atoms with Gasteiger partial charge >= 0.3 is 0 Å². The zero-order valence-electron chi connectivity index (χ0n) is 12.4. The Morgan fingerprint density at radius 3 is 2.36 bits per heavy atom. The molecule has 1 saturated carbocycles. The molecule has 0 bridgehead atoms. The average Bonchev–Trinajstić information content (AvgIpc) is 2.49. The van der Waals surface area contributed by atoms with Crippen molar-refractivity contribution >= 4 is 0 Å². The lowest BCUT2D eigenvalue weighted by molar-refractivity contribution is -0.0634. The number of nitrogens with one attached hydrogen (secondary N) is 1. The van der Waals surface area contributed by atoms with Gasteiger partial charge in [0, 0.05) is 12.8 Å². The normalized spacial score (nSPS) is 36.2. The summed E-state index contributed by atoms with van der Waals surface area (Å²) in [6.07, 6.45) is -1.15. The monoisotopic (exact) mass is 323 g/mol. The van der Waals surface area contributed by atoms with Gasteiger partial charge in [-0.3, -0.25) is 0 Å². The SMILES string of the molecule is O[C@@H]1[C@@H](O)[C@@H](O)C(CF)=C[C@H]1NCCC1CCC(F)(F)CC1. The van der Waals surface area contributed by atoms with Crippen molar-refractivity contribution in [3.8, 4) is 0 Å². The fourth-order valence-corrected chi connectivity index (χ4v) is 3.19. The van der Waals surface area contributed by atoms with E-state index in [0.29, 0.717) is 25.8 Å². The number of aliphatic hydroxyl groups is 3. The number of halogens is 3. The molecule has 1 fully saturated rings. The minimum absolute atomic E-state index is 0.0487. The molecule has 2 rings (SSSR count). The summed E-state index contributed by atoms with van der Waals surface area (Å²) in [5.41, 5.74) is 0.0487. The molecular weight excluding hydrogens is 299 g/mol. The highest BCUT2D eigenvalue weighted by Crippen LogP contribution is 2.37. The second-order valence-electron chi connectivity index (χ2n) is 6.37. The fraction of sp³-hybridized carbons (Fsp3) is 0.867. The predicted octanol–water partition coefficient (Wildman–Crippen LogP) is 1.15. The zero-order chi connectivity index (χ0) is 16.3. The highest BCUT2D eigenvalue weighted by atomic mass is 19.3. The van der Waals surface area contributed by atoms with Crippen molar-refractivity contribution in [2.75, 3.05) is 13.2 Å². The van der Waals surface area contributed by atoms with Crippen molar-refractivity contribution < 1.29 is 28.5 Å². The molecule has 0 saturated heterocycles. The molecule has 0 amide bonds. The van der Waals surface area contributed by atoms with Crippen molar-refractivity contribution in [3.63, 3.8) is 0 Å². The van der Waals surface area contributed by atoms with E-state index < -0.39 is 37.0 Å². The third-order valence-corrected chi connectivity index (χ3v) is 4.74. The van der Waals surface area contributed by atoms with E-state index in [1.807, 2.05) is 0 Å². The Balaban J connectivity index is 1.80. The highest BCUT2D eigenvalue weighted by molar-refractivity contribution is 5.21. The molecule has 4 atom stereocenters. The van der Waals surface area contributed by atoms with Gasteiger partial charge in [0.1, 0.15) is 25.0 Å². The molecule has 4 nitrogen and oxygen atoms in total. The standard InChI is InChI=1S/C15H24F3NO3/c16-8-10-7-11(13(21)14(22)12(10)20)19-6-3-9-1-4-15(17,18)5-2-9/h7,9,11-14,19-22H,1-6,8H2/t11-,12+,13+,14+/m1/s1. The van der Waals surface area contributed by atoms with Crippen LogP contribution in [0.1, 0.15) is 32.1 Å². The first-order chi connectivity index (χ1) is 10.3. The fourth-order valence-electron chi connectivity index (χ4n) is 3.19. The Labute approximate surface area is 128 Å². The summed E-state index contributed by atoms with van der Waals surface area (Å²) in [6.45, 7) is -0.405. The van der Waals surface area contributed by atoms with Crippen LogP contribution in [0.15, 0.2) is 11.6 Å². The van der Waals surface area contributed by atoms with E-state index in [-0.39, 0.29) is 24.3 Å². The molecule has 0 heterocycles. The van der Waals surface area contributed by atoms with Crippen LogP contribution in [0, 0.1) is 5.92 Å². The summed E-state index contributed by atoms with van der Waals surface area (Å²) in [5, 5.41) is 32.2. The van der Waals surface area contributed by atoms with Crippen molar-refractivity contribution in [1.82, 2.24) is 5.32 Å². The van der Waals surface area contributed by atoms with Crippen LogP contribution in [0.2, 0.25) is 0 Å². The van der Waals surface area contributed by atoms with E-state index >= 15 is 0 Å². The lowest BCUT2D eigenvalue weighted by atomic mass is 9.84. The Kier molecular flexibility index (Phi) is 5.87. The lowest BCUT2D eigenvalue weighted by Gasteiger charge is -2.35. The summed E-state index contributed by atoms with van der Waals surface area (Å²) >= 11 is 0. The molecule has 7 heteroatoms. The number of alkyl halides is 3. The Morgan fingerprint density at radius 2 is 1.77 bits per heavy atom. The van der Waals surface area contributed by atoms with Crippen LogP contribution in [-0.2, 0) is 0 Å². The third kappa shape index (κ3) is 4.22. The summed E-state index contributed by atoms with van der Waals surface area (Å²) in [7, 11) is 0. The summed E-state index contributed by atoms with van der Waals surface area (Å²) < 4.78 is 38.9. The highest BCUT2D eigenvalue weighted by Gasteiger charge is 2.37. The van der Waals surface area contributed by atoms with Gasteiger partial charge in [0.15, 0.2) is 0 Å². The van der Waals surface area contributed by atoms with Gasteiger partial charge < -0.3 is 20.6 Å². The maximum atomic E-state index is 13.1. The molecule has 128 valence electrons. The minimum atomic E-state index is -2.54. The summed E-state index contributed by atoms with van der Waals surface area (Å²) in [6, 6.07) is -0.644. The summed E-state index contributed by atoms with van der Waals surface area (Å²) in [5.74, 6) is -2.32. The number of aliphatic hydroxyl groups excluding tert-OH is 3. The molecule has 4 N–H and O–H groups in total. The van der Waals surface area contributed by atoms with Crippen LogP contribution in [0.25, 0.3) is 0 Å². The first-order valence-corrected chi connectivity index (χ1v) is 7.76. The summed E-state index contributed by atoms with van der Waals surface area (Å²) in [4.78, 5) is 0. The molecule has 0 aliphatic heterocycles. The van der Waals surface area contributed by atoms with Gasteiger partial charge in [-0.05, 0) is 37.3 Å². The first kappa shape index (κ1) is 17.7. The van der Waals surface area contributed by atoms with Crippen molar-refractivity contribution in [2.45, 2.75) is 62.4 Å². The average molecular weight is 323 g/mol. The van der Waals surface area contributed by atoms with E-state index in [4.69, 9.17) is 0 Å². The maximum Gasteiger partial charge on any atom is 0.248 e. The predicted molar refractivity (Wildman–Crippen MR) is 75.4 cm³/mol. The maximum absolute atomic E-state index is 13.1. The quantitative estimate of drug-likeness (QED) is 0.573. The van der Waals surface area contributed by atoms with E-state index in [1.54, 1.807) is 0 Å². The second kappa shape index (κ2) is 7.29. The molecular formula is C15H24F3NO3. The lowest BCUT2D eigenvalue weighted by Crippen LogP contribution is -2.54. The Morgan fingerprint density at radius 1 is 1.14 bits per heavy atom. The molecule has 0 aromatic rings. The van der Waals surface area contributed by atoms with Crippen LogP contribution < -0.4 is 5.32 Å². The molecule has 0 aromatic heterocycles. The smallest absolute Gasteiger partial charge is 0.248 e. The van der Waals surface area contributed by atoms with Crippen molar-refractivity contribution in [3.05, 3.63) is 11.6 Å². The number of hydrogen-bond acceptors (Lipinski definition) is 4. The van der Waals surface area contributed by atoms with E-state index in [2.05, 4.69) is 5.32 Å².